The van der Waals surface area contributed by atoms with Crippen molar-refractivity contribution < 1.29 is 18.4 Å². The van der Waals surface area contributed by atoms with Gasteiger partial charge in [-0.3, -0.25) is 4.79 Å². The molecule has 7 nitrogen and oxygen atoms in total. The van der Waals surface area contributed by atoms with E-state index in [-0.39, 0.29) is 11.7 Å². The van der Waals surface area contributed by atoms with E-state index in [1.54, 1.807) is 19.2 Å². The van der Waals surface area contributed by atoms with E-state index in [1.807, 2.05) is 29.2 Å². The first-order valence-corrected chi connectivity index (χ1v) is 12.7. The number of para-hydroxylation sites is 2. The summed E-state index contributed by atoms with van der Waals surface area (Å²) in [5, 5.41) is 7.73. The topological polar surface area (TPSA) is 70.8 Å². The molecular weight excluding hydrogens is 459 g/mol. The van der Waals surface area contributed by atoms with E-state index >= 15 is 0 Å². The van der Waals surface area contributed by atoms with E-state index in [1.165, 1.54) is 12.1 Å². The average Bonchev–Trinajstić information content (AvgIpc) is 3.38. The van der Waals surface area contributed by atoms with Gasteiger partial charge in [0, 0.05) is 44.2 Å². The molecule has 1 aromatic heterocycles. The Labute approximate surface area is 211 Å². The highest BCUT2D eigenvalue weighted by atomic mass is 19.1. The van der Waals surface area contributed by atoms with Crippen LogP contribution in [0.15, 0.2) is 59.1 Å². The molecule has 2 aliphatic rings. The first kappa shape index (κ1) is 24.3. The van der Waals surface area contributed by atoms with Crippen LogP contribution in [-0.2, 0) is 11.2 Å². The fourth-order valence-corrected chi connectivity index (χ4v) is 5.35. The summed E-state index contributed by atoms with van der Waals surface area (Å²) in [6.07, 6.45) is 2.28. The monoisotopic (exact) mass is 492 g/mol. The number of carbonyl (C=O) groups is 1. The number of halogens is 1. The normalized spacial score (nSPS) is 20.4. The number of hydrogen-bond acceptors (Lipinski definition) is 6. The van der Waals surface area contributed by atoms with Crippen molar-refractivity contribution in [3.8, 4) is 17.1 Å². The summed E-state index contributed by atoms with van der Waals surface area (Å²) >= 11 is 0. The van der Waals surface area contributed by atoms with Crippen LogP contribution in [0.25, 0.3) is 11.3 Å². The summed E-state index contributed by atoms with van der Waals surface area (Å²) in [6, 6.07) is 16.2. The van der Waals surface area contributed by atoms with Gasteiger partial charge in [0.15, 0.2) is 5.76 Å². The van der Waals surface area contributed by atoms with Crippen molar-refractivity contribution in [2.24, 2.45) is 11.8 Å². The van der Waals surface area contributed by atoms with Gasteiger partial charge < -0.3 is 24.4 Å². The van der Waals surface area contributed by atoms with Gasteiger partial charge in [0.1, 0.15) is 11.6 Å². The molecule has 1 N–H and O–H groups in total. The maximum atomic E-state index is 13.2. The predicted molar refractivity (Wildman–Crippen MR) is 136 cm³/mol. The van der Waals surface area contributed by atoms with Crippen LogP contribution < -0.4 is 15.0 Å². The molecule has 0 aliphatic carbocycles. The van der Waals surface area contributed by atoms with E-state index in [0.717, 1.165) is 74.8 Å². The van der Waals surface area contributed by atoms with Crippen LogP contribution in [-0.4, -0.2) is 62.3 Å². The van der Waals surface area contributed by atoms with Crippen LogP contribution >= 0.6 is 0 Å². The number of aromatic nitrogens is 1. The highest BCUT2D eigenvalue weighted by Gasteiger charge is 2.31. The molecule has 0 saturated carbocycles. The zero-order chi connectivity index (χ0) is 24.9. The van der Waals surface area contributed by atoms with Crippen LogP contribution in [0, 0.1) is 17.7 Å². The van der Waals surface area contributed by atoms with Crippen molar-refractivity contribution in [1.82, 2.24) is 15.4 Å². The molecule has 2 atom stereocenters. The number of rotatable bonds is 7. The molecule has 1 amide bonds. The molecule has 5 rings (SSSR count). The first-order chi connectivity index (χ1) is 17.6. The number of ether oxygens (including phenoxy) is 1. The Morgan fingerprint density at radius 1 is 1.11 bits per heavy atom. The van der Waals surface area contributed by atoms with Crippen molar-refractivity contribution >= 4 is 11.6 Å². The number of nitrogens with zero attached hydrogens (tertiary/aromatic N) is 3. The number of methoxy groups -OCH3 is 1. The van der Waals surface area contributed by atoms with Gasteiger partial charge in [-0.1, -0.05) is 17.3 Å². The molecule has 2 fully saturated rings. The quantitative estimate of drug-likeness (QED) is 0.538. The number of hydrogen-bond donors (Lipinski definition) is 1. The summed E-state index contributed by atoms with van der Waals surface area (Å²) in [5.41, 5.74) is 2.75. The van der Waals surface area contributed by atoms with Crippen molar-refractivity contribution in [2.45, 2.75) is 19.3 Å². The summed E-state index contributed by atoms with van der Waals surface area (Å²) in [4.78, 5) is 17.5. The maximum absolute atomic E-state index is 13.2. The smallest absolute Gasteiger partial charge is 0.222 e. The Bertz CT molecular complexity index is 1160. The molecule has 8 heteroatoms. The Hall–Kier alpha value is -3.39. The maximum Gasteiger partial charge on any atom is 0.222 e. The lowest BCUT2D eigenvalue weighted by Crippen LogP contribution is -2.50. The van der Waals surface area contributed by atoms with E-state index < -0.39 is 0 Å². The number of nitrogens with one attached hydrogen (secondary N) is 1. The lowest BCUT2D eigenvalue weighted by atomic mass is 9.81. The Morgan fingerprint density at radius 3 is 2.67 bits per heavy atom. The zero-order valence-corrected chi connectivity index (χ0v) is 20.7. The van der Waals surface area contributed by atoms with Crippen LogP contribution in [0.3, 0.4) is 0 Å². The van der Waals surface area contributed by atoms with Gasteiger partial charge in [0.05, 0.1) is 18.5 Å². The van der Waals surface area contributed by atoms with E-state index in [9.17, 15) is 9.18 Å². The molecule has 36 heavy (non-hydrogen) atoms. The molecule has 2 aliphatic heterocycles. The third kappa shape index (κ3) is 5.54. The van der Waals surface area contributed by atoms with Gasteiger partial charge in [-0.25, -0.2) is 4.39 Å². The largest absolute Gasteiger partial charge is 0.495 e. The highest BCUT2D eigenvalue weighted by molar-refractivity contribution is 5.77. The summed E-state index contributed by atoms with van der Waals surface area (Å²) < 4.78 is 24.3. The van der Waals surface area contributed by atoms with Gasteiger partial charge in [-0.05, 0) is 74.2 Å². The van der Waals surface area contributed by atoms with E-state index in [2.05, 4.69) is 21.4 Å². The van der Waals surface area contributed by atoms with Crippen LogP contribution in [0.4, 0.5) is 10.1 Å². The van der Waals surface area contributed by atoms with Crippen molar-refractivity contribution in [2.75, 3.05) is 51.3 Å². The van der Waals surface area contributed by atoms with Gasteiger partial charge in [0.25, 0.3) is 0 Å². The first-order valence-electron chi connectivity index (χ1n) is 12.7. The van der Waals surface area contributed by atoms with Gasteiger partial charge in [-0.15, -0.1) is 0 Å². The highest BCUT2D eigenvalue weighted by Crippen LogP contribution is 2.31. The molecule has 190 valence electrons. The molecule has 0 radical (unpaired) electrons. The SMILES string of the molecule is COc1ccccc1N1CCN(C(=O)C[C@@H]2CCNC[C@@H]2Cc2cc(-c3ccc(F)cc3)on2)CC1. The van der Waals surface area contributed by atoms with E-state index in [0.29, 0.717) is 24.0 Å². The molecule has 2 saturated heterocycles. The molecule has 2 aromatic carbocycles. The summed E-state index contributed by atoms with van der Waals surface area (Å²) in [5.74, 6) is 2.07. The number of carbonyl (C=O) groups excluding carboxylic acids is 1. The van der Waals surface area contributed by atoms with E-state index in [4.69, 9.17) is 9.26 Å². The van der Waals surface area contributed by atoms with Gasteiger partial charge in [-0.2, -0.15) is 0 Å². The molecule has 0 unspecified atom stereocenters. The van der Waals surface area contributed by atoms with Gasteiger partial charge >= 0.3 is 0 Å². The second-order valence-electron chi connectivity index (χ2n) is 9.65. The Morgan fingerprint density at radius 2 is 1.89 bits per heavy atom. The third-order valence-electron chi connectivity index (χ3n) is 7.42. The van der Waals surface area contributed by atoms with Crippen LogP contribution in [0.1, 0.15) is 18.5 Å². The average molecular weight is 493 g/mol. The van der Waals surface area contributed by atoms with Crippen molar-refractivity contribution in [3.05, 3.63) is 66.1 Å². The van der Waals surface area contributed by atoms with Crippen molar-refractivity contribution in [1.29, 1.82) is 0 Å². The zero-order valence-electron chi connectivity index (χ0n) is 20.7. The number of benzene rings is 2. The Balaban J connectivity index is 1.17. The van der Waals surface area contributed by atoms with Gasteiger partial charge in [0.2, 0.25) is 5.91 Å². The molecule has 3 heterocycles. The molecular formula is C28H33FN4O3. The number of anilines is 1. The minimum absolute atomic E-state index is 0.235. The minimum Gasteiger partial charge on any atom is -0.495 e. The molecule has 3 aromatic rings. The van der Waals surface area contributed by atoms with Crippen molar-refractivity contribution in [3.63, 3.8) is 0 Å². The summed E-state index contributed by atoms with van der Waals surface area (Å²) in [6.45, 7) is 4.82. The number of piperazine rings is 1. The number of piperidine rings is 1. The summed E-state index contributed by atoms with van der Waals surface area (Å²) in [7, 11) is 1.69. The lowest BCUT2D eigenvalue weighted by Gasteiger charge is -2.38. The molecule has 0 bridgehead atoms. The minimum atomic E-state index is -0.277. The number of amides is 1. The second kappa shape index (κ2) is 11.1. The standard InChI is InChI=1S/C28H33FN4O3/c1-35-26-5-3-2-4-25(26)32-12-14-33(15-13-32)28(34)17-21-10-11-30-19-22(21)16-24-18-27(36-31-24)20-6-8-23(29)9-7-20/h2-9,18,21-22,30H,10-17,19H2,1H3/t21-,22-/m0/s1. The fourth-order valence-electron chi connectivity index (χ4n) is 5.35. The fraction of sp³-hybridized carbons (Fsp3) is 0.429. The van der Waals surface area contributed by atoms with Crippen LogP contribution in [0.2, 0.25) is 0 Å². The van der Waals surface area contributed by atoms with Crippen LogP contribution in [0.5, 0.6) is 5.75 Å². The second-order valence-corrected chi connectivity index (χ2v) is 9.65. The Kier molecular flexibility index (Phi) is 7.51. The molecule has 0 spiro atoms. The lowest BCUT2D eigenvalue weighted by molar-refractivity contribution is -0.133. The third-order valence-corrected chi connectivity index (χ3v) is 7.42. The predicted octanol–water partition coefficient (Wildman–Crippen LogP) is 4.00.